The van der Waals surface area contributed by atoms with Crippen molar-refractivity contribution in [2.24, 2.45) is 0 Å². The highest BCUT2D eigenvalue weighted by atomic mass is 16.5. The van der Waals surface area contributed by atoms with Gasteiger partial charge in [-0.05, 0) is 57.2 Å². The summed E-state index contributed by atoms with van der Waals surface area (Å²) >= 11 is 0. The molecule has 2 heterocycles. The van der Waals surface area contributed by atoms with Crippen LogP contribution < -0.4 is 10.1 Å². The van der Waals surface area contributed by atoms with Crippen LogP contribution in [0.5, 0.6) is 5.75 Å². The third-order valence-electron chi connectivity index (χ3n) is 5.22. The molecule has 0 atom stereocenters. The largest absolute Gasteiger partial charge is 0.497 e. The van der Waals surface area contributed by atoms with Gasteiger partial charge in [0.05, 0.1) is 29.8 Å². The van der Waals surface area contributed by atoms with E-state index < -0.39 is 0 Å². The highest BCUT2D eigenvalue weighted by molar-refractivity contribution is 6.08. The zero-order chi connectivity index (χ0) is 17.6. The molecule has 1 saturated carbocycles. The number of fused-ring (bicyclic) bond motifs is 2. The van der Waals surface area contributed by atoms with Crippen molar-refractivity contribution in [2.75, 3.05) is 12.4 Å². The monoisotopic (exact) mass is 340 g/mol. The Hall–Kier alpha value is -2.34. The standard InChI is InChI=1S/C19H24N4O2/c1-10-8-14(25-3)9-15-17(10)21-19-16(11(2)22-23-19)18(15)20-12-4-6-13(24)7-5-12/h8-9,12-13,24H,4-7H2,1-3H3,(H2,20,21,22,23). The molecule has 1 aliphatic carbocycles. The molecule has 1 aliphatic rings. The summed E-state index contributed by atoms with van der Waals surface area (Å²) in [4.78, 5) is 4.76. The lowest BCUT2D eigenvalue weighted by Gasteiger charge is -2.28. The molecule has 0 saturated heterocycles. The van der Waals surface area contributed by atoms with Crippen LogP contribution in [-0.2, 0) is 0 Å². The molecule has 0 amide bonds. The van der Waals surface area contributed by atoms with Crippen molar-refractivity contribution in [3.8, 4) is 5.75 Å². The maximum Gasteiger partial charge on any atom is 0.183 e. The number of rotatable bonds is 3. The van der Waals surface area contributed by atoms with E-state index in [4.69, 9.17) is 9.72 Å². The molecule has 4 rings (SSSR count). The van der Waals surface area contributed by atoms with Crippen molar-refractivity contribution in [2.45, 2.75) is 51.7 Å². The average Bonchev–Trinajstić information content (AvgIpc) is 2.98. The number of pyridine rings is 1. The lowest BCUT2D eigenvalue weighted by atomic mass is 9.92. The molecule has 1 aromatic carbocycles. The van der Waals surface area contributed by atoms with Crippen LogP contribution in [0.4, 0.5) is 5.69 Å². The highest BCUT2D eigenvalue weighted by Gasteiger charge is 2.22. The van der Waals surface area contributed by atoms with Gasteiger partial charge in [-0.25, -0.2) is 4.98 Å². The Balaban J connectivity index is 1.90. The minimum Gasteiger partial charge on any atom is -0.497 e. The van der Waals surface area contributed by atoms with Crippen LogP contribution in [-0.4, -0.2) is 39.5 Å². The summed E-state index contributed by atoms with van der Waals surface area (Å²) in [6, 6.07) is 4.39. The van der Waals surface area contributed by atoms with Crippen molar-refractivity contribution in [3.63, 3.8) is 0 Å². The summed E-state index contributed by atoms with van der Waals surface area (Å²) in [6.45, 7) is 4.07. The first-order valence-corrected chi connectivity index (χ1v) is 8.84. The van der Waals surface area contributed by atoms with Crippen molar-refractivity contribution in [3.05, 3.63) is 23.4 Å². The van der Waals surface area contributed by atoms with E-state index in [0.717, 1.165) is 70.3 Å². The number of aliphatic hydroxyl groups excluding tert-OH is 1. The van der Waals surface area contributed by atoms with E-state index in [0.29, 0.717) is 6.04 Å². The summed E-state index contributed by atoms with van der Waals surface area (Å²) in [5.41, 5.74) is 4.81. The topological polar surface area (TPSA) is 83.1 Å². The van der Waals surface area contributed by atoms with Gasteiger partial charge in [0.1, 0.15) is 5.75 Å². The van der Waals surface area contributed by atoms with Gasteiger partial charge in [-0.3, -0.25) is 5.10 Å². The molecular formula is C19H24N4O2. The van der Waals surface area contributed by atoms with E-state index in [-0.39, 0.29) is 6.10 Å². The predicted molar refractivity (Wildman–Crippen MR) is 99.3 cm³/mol. The number of methoxy groups -OCH3 is 1. The van der Waals surface area contributed by atoms with E-state index in [1.54, 1.807) is 7.11 Å². The molecular weight excluding hydrogens is 316 g/mol. The zero-order valence-corrected chi connectivity index (χ0v) is 14.9. The lowest BCUT2D eigenvalue weighted by molar-refractivity contribution is 0.126. The van der Waals surface area contributed by atoms with Crippen LogP contribution in [0, 0.1) is 13.8 Å². The number of aromatic nitrogens is 3. The molecule has 0 unspecified atom stereocenters. The van der Waals surface area contributed by atoms with Crippen LogP contribution in [0.15, 0.2) is 12.1 Å². The second-order valence-electron chi connectivity index (χ2n) is 7.02. The Labute approximate surface area is 146 Å². The van der Waals surface area contributed by atoms with Crippen molar-refractivity contribution in [1.82, 2.24) is 15.2 Å². The third-order valence-corrected chi connectivity index (χ3v) is 5.22. The molecule has 6 heteroatoms. The fraction of sp³-hybridized carbons (Fsp3) is 0.474. The van der Waals surface area contributed by atoms with Crippen LogP contribution in [0.3, 0.4) is 0 Å². The zero-order valence-electron chi connectivity index (χ0n) is 14.9. The number of nitrogens with one attached hydrogen (secondary N) is 2. The van der Waals surface area contributed by atoms with Crippen LogP contribution in [0.2, 0.25) is 0 Å². The normalized spacial score (nSPS) is 21.0. The second-order valence-corrected chi connectivity index (χ2v) is 7.02. The fourth-order valence-electron chi connectivity index (χ4n) is 3.81. The van der Waals surface area contributed by atoms with Crippen LogP contribution in [0.25, 0.3) is 21.9 Å². The summed E-state index contributed by atoms with van der Waals surface area (Å²) in [5, 5.41) is 23.0. The maximum absolute atomic E-state index is 9.78. The predicted octanol–water partition coefficient (Wildman–Crippen LogP) is 3.45. The number of ether oxygens (including phenoxy) is 1. The van der Waals surface area contributed by atoms with Gasteiger partial charge in [0.2, 0.25) is 0 Å². The highest BCUT2D eigenvalue weighted by Crippen LogP contribution is 2.37. The second kappa shape index (κ2) is 6.19. The number of nitrogens with zero attached hydrogens (tertiary/aromatic N) is 2. The van der Waals surface area contributed by atoms with Gasteiger partial charge < -0.3 is 15.2 Å². The molecule has 0 bridgehead atoms. The Morgan fingerprint density at radius 3 is 2.68 bits per heavy atom. The maximum atomic E-state index is 9.78. The van der Waals surface area contributed by atoms with Crippen molar-refractivity contribution >= 4 is 27.6 Å². The first-order valence-electron chi connectivity index (χ1n) is 8.84. The molecule has 2 aromatic heterocycles. The van der Waals surface area contributed by atoms with Gasteiger partial charge in [0, 0.05) is 17.1 Å². The number of hydrogen-bond acceptors (Lipinski definition) is 5. The lowest BCUT2D eigenvalue weighted by Crippen LogP contribution is -2.28. The molecule has 0 spiro atoms. The van der Waals surface area contributed by atoms with E-state index in [2.05, 4.69) is 15.5 Å². The fourth-order valence-corrected chi connectivity index (χ4v) is 3.81. The molecule has 25 heavy (non-hydrogen) atoms. The van der Waals surface area contributed by atoms with Gasteiger partial charge >= 0.3 is 0 Å². The first kappa shape index (κ1) is 16.1. The number of aryl methyl sites for hydroxylation is 2. The van der Waals surface area contributed by atoms with Crippen molar-refractivity contribution in [1.29, 1.82) is 0 Å². The molecule has 3 aromatic rings. The number of aliphatic hydroxyl groups is 1. The van der Waals surface area contributed by atoms with Crippen molar-refractivity contribution < 1.29 is 9.84 Å². The Bertz CT molecular complexity index is 926. The van der Waals surface area contributed by atoms with Gasteiger partial charge in [-0.1, -0.05) is 0 Å². The van der Waals surface area contributed by atoms with E-state index in [1.807, 2.05) is 26.0 Å². The SMILES string of the molecule is COc1cc(C)c2nc3n[nH]c(C)c3c(NC3CCC(O)CC3)c2c1. The van der Waals surface area contributed by atoms with Gasteiger partial charge in [0.15, 0.2) is 5.65 Å². The van der Waals surface area contributed by atoms with E-state index in [1.165, 1.54) is 0 Å². The first-order chi connectivity index (χ1) is 12.1. The molecule has 0 aliphatic heterocycles. The van der Waals surface area contributed by atoms with E-state index in [9.17, 15) is 5.11 Å². The summed E-state index contributed by atoms with van der Waals surface area (Å²) in [5.74, 6) is 0.828. The van der Waals surface area contributed by atoms with Gasteiger partial charge in [-0.15, -0.1) is 0 Å². The summed E-state index contributed by atoms with van der Waals surface area (Å²) in [7, 11) is 1.69. The molecule has 1 fully saturated rings. The number of anilines is 1. The number of hydrogen-bond donors (Lipinski definition) is 3. The minimum atomic E-state index is -0.162. The Morgan fingerprint density at radius 2 is 1.96 bits per heavy atom. The average molecular weight is 340 g/mol. The molecule has 0 radical (unpaired) electrons. The van der Waals surface area contributed by atoms with Crippen LogP contribution >= 0.6 is 0 Å². The number of aromatic amines is 1. The Kier molecular flexibility index (Phi) is 4.00. The molecule has 3 N–H and O–H groups in total. The Morgan fingerprint density at radius 1 is 1.20 bits per heavy atom. The van der Waals surface area contributed by atoms with Crippen LogP contribution in [0.1, 0.15) is 36.9 Å². The van der Waals surface area contributed by atoms with Gasteiger partial charge in [0.25, 0.3) is 0 Å². The summed E-state index contributed by atoms with van der Waals surface area (Å²) in [6.07, 6.45) is 3.46. The number of H-pyrrole nitrogens is 1. The third kappa shape index (κ3) is 2.80. The molecule has 132 valence electrons. The number of benzene rings is 1. The minimum absolute atomic E-state index is 0.162. The van der Waals surface area contributed by atoms with E-state index >= 15 is 0 Å². The summed E-state index contributed by atoms with van der Waals surface area (Å²) < 4.78 is 5.47. The quantitative estimate of drug-likeness (QED) is 0.680. The smallest absolute Gasteiger partial charge is 0.183 e. The van der Waals surface area contributed by atoms with Gasteiger partial charge in [-0.2, -0.15) is 5.10 Å². The molecule has 6 nitrogen and oxygen atoms in total.